The van der Waals surface area contributed by atoms with E-state index in [1.165, 1.54) is 0 Å². The molecule has 7 heteroatoms. The third-order valence-electron chi connectivity index (χ3n) is 3.86. The molecule has 0 spiro atoms. The highest BCUT2D eigenvalue weighted by atomic mass is 35.5. The van der Waals surface area contributed by atoms with Gasteiger partial charge in [0.05, 0.1) is 34.0 Å². The average Bonchev–Trinajstić information content (AvgIpc) is 2.82. The topological polar surface area (TPSA) is 72.2 Å². The van der Waals surface area contributed by atoms with Crippen molar-refractivity contribution in [2.75, 3.05) is 11.5 Å². The summed E-state index contributed by atoms with van der Waals surface area (Å²) in [5.41, 5.74) is 1.65. The van der Waals surface area contributed by atoms with E-state index in [9.17, 15) is 13.5 Å². The van der Waals surface area contributed by atoms with Crippen LogP contribution in [-0.4, -0.2) is 40.9 Å². The summed E-state index contributed by atoms with van der Waals surface area (Å²) in [6.45, 7) is 1.98. The fraction of sp³-hybridized carbons (Fsp3) is 0.769. The number of rotatable bonds is 5. The Morgan fingerprint density at radius 3 is 2.75 bits per heavy atom. The van der Waals surface area contributed by atoms with Crippen LogP contribution in [0.25, 0.3) is 0 Å². The molecule has 1 aromatic rings. The first kappa shape index (κ1) is 15.8. The lowest BCUT2D eigenvalue weighted by atomic mass is 9.98. The molecule has 1 aliphatic rings. The van der Waals surface area contributed by atoms with Crippen LogP contribution in [0.5, 0.6) is 0 Å². The number of halogens is 1. The van der Waals surface area contributed by atoms with E-state index in [0.29, 0.717) is 24.3 Å². The van der Waals surface area contributed by atoms with Crippen molar-refractivity contribution in [1.29, 1.82) is 0 Å². The molecule has 1 aromatic heterocycles. The van der Waals surface area contributed by atoms with Gasteiger partial charge in [-0.25, -0.2) is 8.42 Å². The van der Waals surface area contributed by atoms with E-state index in [-0.39, 0.29) is 17.4 Å². The highest BCUT2D eigenvalue weighted by molar-refractivity contribution is 7.91. The molecular formula is C13H21ClN2O3S. The molecule has 20 heavy (non-hydrogen) atoms. The molecule has 0 aliphatic carbocycles. The van der Waals surface area contributed by atoms with Crippen LogP contribution in [0.3, 0.4) is 0 Å². The molecule has 0 amide bonds. The van der Waals surface area contributed by atoms with Gasteiger partial charge in [-0.15, -0.1) is 0 Å². The second-order valence-corrected chi connectivity index (χ2v) is 8.15. The van der Waals surface area contributed by atoms with E-state index in [4.69, 9.17) is 11.6 Å². The summed E-state index contributed by atoms with van der Waals surface area (Å²) in [6, 6.07) is 0. The molecule has 2 heterocycles. The first-order chi connectivity index (χ1) is 9.32. The Hall–Kier alpha value is -0.590. The van der Waals surface area contributed by atoms with Crippen LogP contribution < -0.4 is 0 Å². The van der Waals surface area contributed by atoms with E-state index < -0.39 is 15.9 Å². The molecule has 0 aromatic carbocycles. The summed E-state index contributed by atoms with van der Waals surface area (Å²) < 4.78 is 24.5. The minimum atomic E-state index is -2.88. The Morgan fingerprint density at radius 2 is 2.25 bits per heavy atom. The molecule has 1 aliphatic heterocycles. The molecule has 1 saturated heterocycles. The molecule has 0 bridgehead atoms. The maximum absolute atomic E-state index is 11.4. The van der Waals surface area contributed by atoms with E-state index in [1.807, 2.05) is 14.0 Å². The number of aryl methyl sites for hydroxylation is 2. The van der Waals surface area contributed by atoms with Gasteiger partial charge >= 0.3 is 0 Å². The first-order valence-corrected chi connectivity index (χ1v) is 9.11. The maximum atomic E-state index is 11.4. The highest BCUT2D eigenvalue weighted by Gasteiger charge is 2.30. The van der Waals surface area contributed by atoms with Gasteiger partial charge in [0, 0.05) is 13.5 Å². The summed E-state index contributed by atoms with van der Waals surface area (Å²) in [4.78, 5) is 0. The van der Waals surface area contributed by atoms with Crippen molar-refractivity contribution in [3.05, 3.63) is 16.4 Å². The zero-order valence-electron chi connectivity index (χ0n) is 11.8. The number of sulfone groups is 1. The summed E-state index contributed by atoms with van der Waals surface area (Å²) in [6.07, 6.45) is 1.74. The van der Waals surface area contributed by atoms with Crippen molar-refractivity contribution in [3.63, 3.8) is 0 Å². The SMILES string of the molecule is CCc1nn(C)c(CC(O)CC2CCS(=O)(=O)C2)c1Cl. The van der Waals surface area contributed by atoms with Gasteiger partial charge in [0.1, 0.15) is 0 Å². The van der Waals surface area contributed by atoms with Crippen molar-refractivity contribution >= 4 is 21.4 Å². The number of nitrogens with zero attached hydrogens (tertiary/aromatic N) is 2. The Bertz CT molecular complexity index is 583. The Morgan fingerprint density at radius 1 is 1.55 bits per heavy atom. The minimum Gasteiger partial charge on any atom is -0.393 e. The van der Waals surface area contributed by atoms with Crippen molar-refractivity contribution in [1.82, 2.24) is 9.78 Å². The number of aromatic nitrogens is 2. The summed E-state index contributed by atoms with van der Waals surface area (Å²) in [7, 11) is -1.07. The third kappa shape index (κ3) is 3.54. The monoisotopic (exact) mass is 320 g/mol. The molecule has 0 saturated carbocycles. The molecule has 114 valence electrons. The van der Waals surface area contributed by atoms with Gasteiger partial charge in [-0.1, -0.05) is 18.5 Å². The number of hydrogen-bond acceptors (Lipinski definition) is 4. The fourth-order valence-electron chi connectivity index (χ4n) is 2.79. The quantitative estimate of drug-likeness (QED) is 0.889. The molecule has 2 unspecified atom stereocenters. The maximum Gasteiger partial charge on any atom is 0.150 e. The summed E-state index contributed by atoms with van der Waals surface area (Å²) >= 11 is 6.25. The predicted octanol–water partition coefficient (Wildman–Crippen LogP) is 1.36. The van der Waals surface area contributed by atoms with E-state index in [0.717, 1.165) is 17.8 Å². The smallest absolute Gasteiger partial charge is 0.150 e. The van der Waals surface area contributed by atoms with Crippen LogP contribution in [-0.2, 0) is 29.7 Å². The molecule has 5 nitrogen and oxygen atoms in total. The van der Waals surface area contributed by atoms with Crippen molar-refractivity contribution in [2.24, 2.45) is 13.0 Å². The summed E-state index contributed by atoms with van der Waals surface area (Å²) in [5, 5.41) is 15.1. The van der Waals surface area contributed by atoms with Gasteiger partial charge in [0.25, 0.3) is 0 Å². The van der Waals surface area contributed by atoms with Crippen LogP contribution in [0.15, 0.2) is 0 Å². The van der Waals surface area contributed by atoms with Crippen molar-refractivity contribution in [2.45, 2.75) is 38.7 Å². The number of aliphatic hydroxyl groups excluding tert-OH is 1. The van der Waals surface area contributed by atoms with Gasteiger partial charge in [0.15, 0.2) is 9.84 Å². The average molecular weight is 321 g/mol. The zero-order valence-corrected chi connectivity index (χ0v) is 13.4. The lowest BCUT2D eigenvalue weighted by molar-refractivity contribution is 0.144. The fourth-order valence-corrected chi connectivity index (χ4v) is 5.04. The number of aliphatic hydroxyl groups is 1. The second-order valence-electron chi connectivity index (χ2n) is 5.55. The van der Waals surface area contributed by atoms with Crippen LogP contribution in [0.2, 0.25) is 5.02 Å². The molecule has 0 radical (unpaired) electrons. The van der Waals surface area contributed by atoms with Crippen molar-refractivity contribution < 1.29 is 13.5 Å². The van der Waals surface area contributed by atoms with Crippen LogP contribution in [0.4, 0.5) is 0 Å². The molecule has 1 N–H and O–H groups in total. The first-order valence-electron chi connectivity index (χ1n) is 6.91. The van der Waals surface area contributed by atoms with Gasteiger partial charge in [-0.05, 0) is 25.2 Å². The normalized spacial score (nSPS) is 23.1. The van der Waals surface area contributed by atoms with Gasteiger partial charge in [0.2, 0.25) is 0 Å². The number of hydrogen-bond donors (Lipinski definition) is 1. The third-order valence-corrected chi connectivity index (χ3v) is 6.14. The van der Waals surface area contributed by atoms with Gasteiger partial charge < -0.3 is 5.11 Å². The van der Waals surface area contributed by atoms with E-state index >= 15 is 0 Å². The molecular weight excluding hydrogens is 300 g/mol. The standard InChI is InChI=1S/C13H21ClN2O3S/c1-3-11-13(14)12(16(2)15-11)7-10(17)6-9-4-5-20(18,19)8-9/h9-10,17H,3-8H2,1-2H3. The molecule has 2 atom stereocenters. The molecule has 2 rings (SSSR count). The summed E-state index contributed by atoms with van der Waals surface area (Å²) in [5.74, 6) is 0.507. The van der Waals surface area contributed by atoms with E-state index in [2.05, 4.69) is 5.10 Å². The Labute approximate surface area is 124 Å². The van der Waals surface area contributed by atoms with Gasteiger partial charge in [-0.2, -0.15) is 5.10 Å². The van der Waals surface area contributed by atoms with Gasteiger partial charge in [-0.3, -0.25) is 4.68 Å². The van der Waals surface area contributed by atoms with Crippen LogP contribution in [0.1, 0.15) is 31.2 Å². The van der Waals surface area contributed by atoms with Crippen LogP contribution >= 0.6 is 11.6 Å². The van der Waals surface area contributed by atoms with Crippen molar-refractivity contribution in [3.8, 4) is 0 Å². The largest absolute Gasteiger partial charge is 0.393 e. The Kier molecular flexibility index (Phi) is 4.76. The minimum absolute atomic E-state index is 0.0626. The predicted molar refractivity (Wildman–Crippen MR) is 78.7 cm³/mol. The lowest BCUT2D eigenvalue weighted by Gasteiger charge is -2.14. The zero-order chi connectivity index (χ0) is 14.9. The second kappa shape index (κ2) is 6.03. The van der Waals surface area contributed by atoms with Crippen LogP contribution in [0, 0.1) is 5.92 Å². The van der Waals surface area contributed by atoms with E-state index in [1.54, 1.807) is 4.68 Å². The molecule has 1 fully saturated rings. The highest BCUT2D eigenvalue weighted by Crippen LogP contribution is 2.26. The lowest BCUT2D eigenvalue weighted by Crippen LogP contribution is -2.19. The Balaban J connectivity index is 1.98.